The molecular weight excluding hydrogens is 521 g/mol. The van der Waals surface area contributed by atoms with Crippen LogP contribution in [0.2, 0.25) is 0 Å². The number of hydrogen-bond donors (Lipinski definition) is 1. The summed E-state index contributed by atoms with van der Waals surface area (Å²) in [6.45, 7) is 4.86. The zero-order chi connectivity index (χ0) is 28.6. The van der Waals surface area contributed by atoms with Gasteiger partial charge in [0.15, 0.2) is 0 Å². The summed E-state index contributed by atoms with van der Waals surface area (Å²) in [7, 11) is -2.70. The molecule has 0 aliphatic heterocycles. The average molecular weight is 556 g/mol. The molecule has 0 unspecified atom stereocenters. The topological polar surface area (TPSA) is 96.0 Å². The van der Waals surface area contributed by atoms with Crippen molar-refractivity contribution >= 4 is 27.5 Å². The Balaban J connectivity index is 2.03. The first-order valence-electron chi connectivity index (χ1n) is 12.6. The first-order valence-corrected chi connectivity index (χ1v) is 14.1. The molecule has 0 spiro atoms. The first-order chi connectivity index (χ1) is 18.6. The quantitative estimate of drug-likeness (QED) is 0.360. The average Bonchev–Trinajstić information content (AvgIpc) is 2.94. The standard InChI is InChI=1S/C29H34FN3O5S/c1-5-18-31-29(35)22(3)32(19-23-8-6-7-9-27(23)30)28(34)20-33(24-12-14-25(38-4)15-13-24)39(36,37)26-16-10-21(2)11-17-26/h6-17,22H,5,18-20H2,1-4H3,(H,31,35)/t22-/m1/s1. The number of ether oxygens (including phenoxy) is 1. The molecule has 0 fully saturated rings. The Kier molecular flexibility index (Phi) is 10.1. The van der Waals surface area contributed by atoms with Crippen molar-refractivity contribution in [3.8, 4) is 5.75 Å². The molecule has 0 radical (unpaired) electrons. The van der Waals surface area contributed by atoms with Crippen LogP contribution < -0.4 is 14.4 Å². The molecule has 1 N–H and O–H groups in total. The summed E-state index contributed by atoms with van der Waals surface area (Å²) >= 11 is 0. The Morgan fingerprint density at radius 1 is 1.00 bits per heavy atom. The van der Waals surface area contributed by atoms with Crippen molar-refractivity contribution in [1.29, 1.82) is 0 Å². The zero-order valence-electron chi connectivity index (χ0n) is 22.6. The number of aryl methyl sites for hydroxylation is 1. The highest BCUT2D eigenvalue weighted by Gasteiger charge is 2.32. The molecule has 3 rings (SSSR count). The number of methoxy groups -OCH3 is 1. The van der Waals surface area contributed by atoms with Crippen molar-refractivity contribution in [2.75, 3.05) is 24.5 Å². The first kappa shape index (κ1) is 29.6. The summed E-state index contributed by atoms with van der Waals surface area (Å²) < 4.78 is 48.4. The van der Waals surface area contributed by atoms with E-state index in [1.54, 1.807) is 30.3 Å². The van der Waals surface area contributed by atoms with Crippen molar-refractivity contribution in [1.82, 2.24) is 10.2 Å². The molecule has 208 valence electrons. The van der Waals surface area contributed by atoms with Gasteiger partial charge in [-0.15, -0.1) is 0 Å². The minimum absolute atomic E-state index is 0.00566. The number of rotatable bonds is 12. The molecule has 0 aliphatic carbocycles. The highest BCUT2D eigenvalue weighted by molar-refractivity contribution is 7.92. The number of carbonyl (C=O) groups is 2. The predicted molar refractivity (Wildman–Crippen MR) is 148 cm³/mol. The number of hydrogen-bond acceptors (Lipinski definition) is 5. The lowest BCUT2D eigenvalue weighted by Crippen LogP contribution is -2.51. The second-order valence-electron chi connectivity index (χ2n) is 9.10. The van der Waals surface area contributed by atoms with Gasteiger partial charge in [-0.25, -0.2) is 12.8 Å². The lowest BCUT2D eigenvalue weighted by Gasteiger charge is -2.32. The van der Waals surface area contributed by atoms with Crippen LogP contribution >= 0.6 is 0 Å². The van der Waals surface area contributed by atoms with Crippen molar-refractivity contribution in [2.24, 2.45) is 0 Å². The Bertz CT molecular complexity index is 1380. The fourth-order valence-electron chi connectivity index (χ4n) is 3.90. The molecular formula is C29H34FN3O5S. The van der Waals surface area contributed by atoms with E-state index in [1.165, 1.54) is 61.4 Å². The third kappa shape index (κ3) is 7.35. The van der Waals surface area contributed by atoms with E-state index in [1.807, 2.05) is 13.8 Å². The Morgan fingerprint density at radius 2 is 1.64 bits per heavy atom. The van der Waals surface area contributed by atoms with Gasteiger partial charge in [0.1, 0.15) is 24.2 Å². The summed E-state index contributed by atoms with van der Waals surface area (Å²) in [5.74, 6) is -1.10. The van der Waals surface area contributed by atoms with Gasteiger partial charge in [-0.1, -0.05) is 42.8 Å². The minimum atomic E-state index is -4.19. The number of amides is 2. The summed E-state index contributed by atoms with van der Waals surface area (Å²) in [5, 5.41) is 2.75. The molecule has 39 heavy (non-hydrogen) atoms. The zero-order valence-corrected chi connectivity index (χ0v) is 23.4. The number of carbonyl (C=O) groups excluding carboxylic acids is 2. The molecule has 0 aromatic heterocycles. The Labute approximate surface area is 229 Å². The van der Waals surface area contributed by atoms with Gasteiger partial charge in [-0.2, -0.15) is 0 Å². The van der Waals surface area contributed by atoms with Crippen molar-refractivity contribution < 1.29 is 27.1 Å². The van der Waals surface area contributed by atoms with Crippen LogP contribution in [0.5, 0.6) is 5.75 Å². The number of halogens is 1. The molecule has 2 amide bonds. The van der Waals surface area contributed by atoms with Gasteiger partial charge >= 0.3 is 0 Å². The van der Waals surface area contributed by atoms with E-state index >= 15 is 0 Å². The highest BCUT2D eigenvalue weighted by Crippen LogP contribution is 2.27. The van der Waals surface area contributed by atoms with Gasteiger partial charge in [-0.05, 0) is 62.7 Å². The van der Waals surface area contributed by atoms with E-state index < -0.39 is 40.2 Å². The molecule has 0 saturated carbocycles. The van der Waals surface area contributed by atoms with Crippen molar-refractivity contribution in [2.45, 2.75) is 44.7 Å². The van der Waals surface area contributed by atoms with Crippen molar-refractivity contribution in [3.05, 3.63) is 89.7 Å². The van der Waals surface area contributed by atoms with E-state index in [2.05, 4.69) is 5.32 Å². The van der Waals surface area contributed by atoms with E-state index in [-0.39, 0.29) is 22.7 Å². The molecule has 0 heterocycles. The maximum absolute atomic E-state index is 14.6. The largest absolute Gasteiger partial charge is 0.497 e. The molecule has 0 aliphatic rings. The van der Waals surface area contributed by atoms with Crippen LogP contribution in [0.15, 0.2) is 77.7 Å². The molecule has 0 saturated heterocycles. The number of nitrogens with one attached hydrogen (secondary N) is 1. The fraction of sp³-hybridized carbons (Fsp3) is 0.310. The van der Waals surface area contributed by atoms with Crippen LogP contribution in [0.4, 0.5) is 10.1 Å². The second-order valence-corrected chi connectivity index (χ2v) is 11.0. The highest BCUT2D eigenvalue weighted by atomic mass is 32.2. The lowest BCUT2D eigenvalue weighted by molar-refractivity contribution is -0.139. The summed E-state index contributed by atoms with van der Waals surface area (Å²) in [5.41, 5.74) is 1.32. The lowest BCUT2D eigenvalue weighted by atomic mass is 10.1. The van der Waals surface area contributed by atoms with E-state index in [4.69, 9.17) is 4.74 Å². The Morgan fingerprint density at radius 3 is 2.23 bits per heavy atom. The molecule has 8 nitrogen and oxygen atoms in total. The van der Waals surface area contributed by atoms with Gasteiger partial charge in [0, 0.05) is 18.7 Å². The summed E-state index contributed by atoms with van der Waals surface area (Å²) in [6.07, 6.45) is 0.694. The molecule has 3 aromatic carbocycles. The second kappa shape index (κ2) is 13.2. The van der Waals surface area contributed by atoms with E-state index in [0.717, 1.165) is 9.87 Å². The molecule has 10 heteroatoms. The van der Waals surface area contributed by atoms with Crippen LogP contribution in [0.25, 0.3) is 0 Å². The van der Waals surface area contributed by atoms with Crippen LogP contribution in [0.3, 0.4) is 0 Å². The minimum Gasteiger partial charge on any atom is -0.497 e. The maximum atomic E-state index is 14.6. The Hall–Kier alpha value is -3.92. The third-order valence-corrected chi connectivity index (χ3v) is 8.05. The van der Waals surface area contributed by atoms with Crippen LogP contribution in [0, 0.1) is 12.7 Å². The maximum Gasteiger partial charge on any atom is 0.264 e. The fourth-order valence-corrected chi connectivity index (χ4v) is 5.32. The van der Waals surface area contributed by atoms with Gasteiger partial charge in [0.2, 0.25) is 11.8 Å². The SMILES string of the molecule is CCCNC(=O)[C@@H](C)N(Cc1ccccc1F)C(=O)CN(c1ccc(OC)cc1)S(=O)(=O)c1ccc(C)cc1. The van der Waals surface area contributed by atoms with E-state index in [9.17, 15) is 22.4 Å². The monoisotopic (exact) mass is 555 g/mol. The van der Waals surface area contributed by atoms with Gasteiger partial charge in [0.25, 0.3) is 10.0 Å². The summed E-state index contributed by atoms with van der Waals surface area (Å²) in [6, 6.07) is 17.5. The number of nitrogens with zero attached hydrogens (tertiary/aromatic N) is 2. The number of benzene rings is 3. The predicted octanol–water partition coefficient (Wildman–Crippen LogP) is 4.28. The van der Waals surface area contributed by atoms with Crippen LogP contribution in [-0.2, 0) is 26.2 Å². The smallest absolute Gasteiger partial charge is 0.264 e. The molecule has 1 atom stereocenters. The van der Waals surface area contributed by atoms with E-state index in [0.29, 0.717) is 18.7 Å². The van der Waals surface area contributed by atoms with Crippen LogP contribution in [0.1, 0.15) is 31.4 Å². The van der Waals surface area contributed by atoms with Crippen molar-refractivity contribution in [3.63, 3.8) is 0 Å². The van der Waals surface area contributed by atoms with Gasteiger partial charge in [0.05, 0.1) is 17.7 Å². The number of anilines is 1. The van der Waals surface area contributed by atoms with Gasteiger partial charge < -0.3 is 15.0 Å². The van der Waals surface area contributed by atoms with Crippen LogP contribution in [-0.4, -0.2) is 51.4 Å². The number of sulfonamides is 1. The normalized spacial score (nSPS) is 11.9. The van der Waals surface area contributed by atoms with Gasteiger partial charge in [-0.3, -0.25) is 13.9 Å². The summed E-state index contributed by atoms with van der Waals surface area (Å²) in [4.78, 5) is 27.9. The third-order valence-electron chi connectivity index (χ3n) is 6.26. The molecule has 3 aromatic rings. The molecule has 0 bridgehead atoms.